The van der Waals surface area contributed by atoms with E-state index in [1.807, 2.05) is 31.4 Å². The third-order valence-corrected chi connectivity index (χ3v) is 10.5. The van der Waals surface area contributed by atoms with Gasteiger partial charge in [0, 0.05) is 37.3 Å². The summed E-state index contributed by atoms with van der Waals surface area (Å²) >= 11 is 1.54. The number of imidazole rings is 1. The Morgan fingerprint density at radius 1 is 1.05 bits per heavy atom. The maximum Gasteiger partial charge on any atom is 0.214 e. The van der Waals surface area contributed by atoms with E-state index in [-0.39, 0.29) is 17.5 Å². The largest absolute Gasteiger partial charge is 0.309 e. The van der Waals surface area contributed by atoms with Crippen LogP contribution in [0.25, 0.3) is 16.9 Å². The molecular formula is C29H37FN6O2S2. The lowest BCUT2D eigenvalue weighted by Crippen LogP contribution is -2.39. The van der Waals surface area contributed by atoms with Crippen LogP contribution in [0, 0.1) is 5.82 Å². The number of halogens is 1. The molecule has 1 aromatic carbocycles. The van der Waals surface area contributed by atoms with Crippen LogP contribution in [-0.4, -0.2) is 78.5 Å². The summed E-state index contributed by atoms with van der Waals surface area (Å²) in [6, 6.07) is 10.6. The topological polar surface area (TPSA) is 74.1 Å². The molecule has 214 valence electrons. The molecule has 4 heterocycles. The second-order valence-electron chi connectivity index (χ2n) is 10.7. The van der Waals surface area contributed by atoms with E-state index in [2.05, 4.69) is 34.6 Å². The lowest BCUT2D eigenvalue weighted by molar-refractivity contribution is 0.317. The highest BCUT2D eigenvalue weighted by Gasteiger charge is 2.29. The molecule has 1 fully saturated rings. The number of anilines is 2. The third-order valence-electron chi connectivity index (χ3n) is 7.58. The van der Waals surface area contributed by atoms with Crippen LogP contribution in [0.1, 0.15) is 43.4 Å². The molecular weight excluding hydrogens is 547 g/mol. The predicted molar refractivity (Wildman–Crippen MR) is 161 cm³/mol. The Kier molecular flexibility index (Phi) is 8.55. The first-order chi connectivity index (χ1) is 19.2. The van der Waals surface area contributed by atoms with E-state index in [9.17, 15) is 12.8 Å². The fraction of sp³-hybridized carbons (Fsp3) is 0.448. The summed E-state index contributed by atoms with van der Waals surface area (Å²) in [5, 5.41) is 2.82. The molecule has 0 saturated carbocycles. The highest BCUT2D eigenvalue weighted by atomic mass is 32.2. The highest BCUT2D eigenvalue weighted by molar-refractivity contribution is 7.89. The van der Waals surface area contributed by atoms with Gasteiger partial charge in [-0.2, -0.15) is 0 Å². The first kappa shape index (κ1) is 28.7. The van der Waals surface area contributed by atoms with Gasteiger partial charge in [-0.1, -0.05) is 13.0 Å². The molecule has 1 aliphatic rings. The number of rotatable bonds is 10. The molecule has 0 atom stereocenters. The van der Waals surface area contributed by atoms with Gasteiger partial charge in [-0.3, -0.25) is 4.40 Å². The van der Waals surface area contributed by atoms with Crippen molar-refractivity contribution in [2.45, 2.75) is 38.5 Å². The predicted octanol–water partition coefficient (Wildman–Crippen LogP) is 5.39. The Balaban J connectivity index is 1.35. The Morgan fingerprint density at radius 2 is 1.77 bits per heavy atom. The molecule has 1 aliphatic heterocycles. The van der Waals surface area contributed by atoms with Gasteiger partial charge in [0.15, 0.2) is 5.13 Å². The Morgan fingerprint density at radius 3 is 2.45 bits per heavy atom. The summed E-state index contributed by atoms with van der Waals surface area (Å²) in [5.74, 6) is 1.19. The van der Waals surface area contributed by atoms with Gasteiger partial charge >= 0.3 is 0 Å². The molecule has 0 radical (unpaired) electrons. The van der Waals surface area contributed by atoms with Gasteiger partial charge in [0.05, 0.1) is 17.1 Å². The Bertz CT molecular complexity index is 1560. The van der Waals surface area contributed by atoms with Gasteiger partial charge in [0.25, 0.3) is 0 Å². The average Bonchev–Trinajstić information content (AvgIpc) is 3.58. The number of hydrogen-bond donors (Lipinski definition) is 0. The third kappa shape index (κ3) is 6.07. The molecule has 40 heavy (non-hydrogen) atoms. The zero-order valence-corrected chi connectivity index (χ0v) is 25.2. The highest BCUT2D eigenvalue weighted by Crippen LogP contribution is 2.35. The fourth-order valence-corrected chi connectivity index (χ4v) is 7.67. The number of benzene rings is 1. The van der Waals surface area contributed by atoms with E-state index < -0.39 is 10.0 Å². The summed E-state index contributed by atoms with van der Waals surface area (Å²) in [6.07, 6.45) is 5.18. The van der Waals surface area contributed by atoms with E-state index >= 15 is 0 Å². The summed E-state index contributed by atoms with van der Waals surface area (Å²) in [5.41, 5.74) is 4.73. The van der Waals surface area contributed by atoms with Crippen molar-refractivity contribution in [3.05, 3.63) is 65.0 Å². The van der Waals surface area contributed by atoms with Crippen molar-refractivity contribution in [2.24, 2.45) is 0 Å². The van der Waals surface area contributed by atoms with Crippen molar-refractivity contribution >= 4 is 38.0 Å². The zero-order chi connectivity index (χ0) is 28.4. The Hall–Kier alpha value is -2.86. The zero-order valence-electron chi connectivity index (χ0n) is 23.5. The van der Waals surface area contributed by atoms with Crippen LogP contribution in [0.2, 0.25) is 0 Å². The van der Waals surface area contributed by atoms with Crippen LogP contribution >= 0.6 is 11.3 Å². The van der Waals surface area contributed by atoms with E-state index in [1.165, 1.54) is 29.0 Å². The van der Waals surface area contributed by atoms with E-state index in [0.29, 0.717) is 19.5 Å². The molecule has 3 aromatic heterocycles. The number of aromatic nitrogens is 3. The molecule has 0 N–H and O–H groups in total. The normalized spacial score (nSPS) is 15.3. The number of fused-ring (bicyclic) bond motifs is 1. The molecule has 0 aliphatic carbocycles. The van der Waals surface area contributed by atoms with E-state index in [0.717, 1.165) is 59.4 Å². The minimum absolute atomic E-state index is 0.200. The number of aryl methyl sites for hydroxylation is 1. The minimum Gasteiger partial charge on any atom is -0.309 e. The number of nitrogens with zero attached hydrogens (tertiary/aromatic N) is 6. The second kappa shape index (κ2) is 11.9. The first-order valence-corrected chi connectivity index (χ1v) is 16.2. The standard InChI is InChI=1S/C29H37FN6O2S2/c1-5-25-28(34(4)29-32-26(20-39-29)22-7-10-24(30)11-8-22)36-19-23(9-12-27(36)31-25)21-13-16-35(17-14-21)40(37,38)18-6-15-33(2)3/h7-12,19-21H,5-6,13-18H2,1-4H3. The number of hydrogen-bond acceptors (Lipinski definition) is 7. The molecule has 1 saturated heterocycles. The molecule has 0 unspecified atom stereocenters. The van der Waals surface area contributed by atoms with Gasteiger partial charge < -0.3 is 9.80 Å². The Labute approximate surface area is 240 Å². The van der Waals surface area contributed by atoms with Crippen molar-refractivity contribution in [2.75, 3.05) is 51.4 Å². The summed E-state index contributed by atoms with van der Waals surface area (Å²) in [7, 11) is 2.70. The van der Waals surface area contributed by atoms with Crippen molar-refractivity contribution in [1.29, 1.82) is 0 Å². The minimum atomic E-state index is -3.23. The molecule has 11 heteroatoms. The van der Waals surface area contributed by atoms with Crippen LogP contribution in [-0.2, 0) is 16.4 Å². The fourth-order valence-electron chi connectivity index (χ4n) is 5.35. The lowest BCUT2D eigenvalue weighted by atomic mass is 9.91. The number of pyridine rings is 1. The van der Waals surface area contributed by atoms with Crippen LogP contribution in [0.5, 0.6) is 0 Å². The summed E-state index contributed by atoms with van der Waals surface area (Å²) in [6.45, 7) is 3.97. The molecule has 5 rings (SSSR count). The van der Waals surface area contributed by atoms with E-state index in [1.54, 1.807) is 16.4 Å². The van der Waals surface area contributed by atoms with Crippen LogP contribution in [0.15, 0.2) is 48.0 Å². The van der Waals surface area contributed by atoms with E-state index in [4.69, 9.17) is 9.97 Å². The summed E-state index contributed by atoms with van der Waals surface area (Å²) in [4.78, 5) is 13.8. The first-order valence-electron chi connectivity index (χ1n) is 13.7. The number of piperidine rings is 1. The quantitative estimate of drug-likeness (QED) is 0.249. The number of thiazole rings is 1. The van der Waals surface area contributed by atoms with Gasteiger partial charge in [-0.05, 0) is 88.1 Å². The molecule has 0 amide bonds. The van der Waals surface area contributed by atoms with Gasteiger partial charge in [0.2, 0.25) is 10.0 Å². The van der Waals surface area contributed by atoms with Crippen LogP contribution in [0.4, 0.5) is 15.3 Å². The molecule has 8 nitrogen and oxygen atoms in total. The van der Waals surface area contributed by atoms with Crippen molar-refractivity contribution in [3.63, 3.8) is 0 Å². The van der Waals surface area contributed by atoms with Crippen molar-refractivity contribution < 1.29 is 12.8 Å². The van der Waals surface area contributed by atoms with Crippen LogP contribution < -0.4 is 4.90 Å². The SMILES string of the molecule is CCc1nc2ccc(C3CCN(S(=O)(=O)CCCN(C)C)CC3)cn2c1N(C)c1nc(-c2ccc(F)cc2)cs1. The van der Waals surface area contributed by atoms with Crippen molar-refractivity contribution in [3.8, 4) is 11.3 Å². The smallest absolute Gasteiger partial charge is 0.214 e. The second-order valence-corrected chi connectivity index (χ2v) is 13.6. The number of sulfonamides is 1. The molecule has 0 bridgehead atoms. The average molecular weight is 585 g/mol. The van der Waals surface area contributed by atoms with Gasteiger partial charge in [-0.25, -0.2) is 27.1 Å². The van der Waals surface area contributed by atoms with Crippen molar-refractivity contribution in [1.82, 2.24) is 23.6 Å². The molecule has 4 aromatic rings. The monoisotopic (exact) mass is 584 g/mol. The maximum atomic E-state index is 13.4. The summed E-state index contributed by atoms with van der Waals surface area (Å²) < 4.78 is 42.9. The maximum absolute atomic E-state index is 13.4. The van der Waals surface area contributed by atoms with Gasteiger partial charge in [0.1, 0.15) is 17.3 Å². The van der Waals surface area contributed by atoms with Gasteiger partial charge in [-0.15, -0.1) is 11.3 Å². The molecule has 0 spiro atoms. The lowest BCUT2D eigenvalue weighted by Gasteiger charge is -2.31. The van der Waals surface area contributed by atoms with Crippen LogP contribution in [0.3, 0.4) is 0 Å².